The van der Waals surface area contributed by atoms with Gasteiger partial charge in [0.05, 0.1) is 0 Å². The van der Waals surface area contributed by atoms with E-state index in [-0.39, 0.29) is 0 Å². The van der Waals surface area contributed by atoms with E-state index in [0.717, 1.165) is 15.5 Å². The van der Waals surface area contributed by atoms with Crippen LogP contribution >= 0.6 is 23.5 Å². The van der Waals surface area contributed by atoms with E-state index >= 15 is 0 Å². The maximum atomic E-state index is 5.79. The minimum absolute atomic E-state index is 0.747. The Balaban J connectivity index is 1.97. The summed E-state index contributed by atoms with van der Waals surface area (Å²) in [6.45, 7) is 0. The summed E-state index contributed by atoms with van der Waals surface area (Å²) in [6.07, 6.45) is 1.85. The van der Waals surface area contributed by atoms with Crippen LogP contribution in [-0.2, 0) is 0 Å². The van der Waals surface area contributed by atoms with Crippen molar-refractivity contribution in [2.75, 3.05) is 0 Å². The van der Waals surface area contributed by atoms with Gasteiger partial charge in [0.1, 0.15) is 0 Å². The van der Waals surface area contributed by atoms with Gasteiger partial charge < -0.3 is 0 Å². The fraction of sp³-hybridized carbons (Fsp3) is 0. The lowest BCUT2D eigenvalue weighted by molar-refractivity contribution is 1.46. The van der Waals surface area contributed by atoms with E-state index in [1.165, 1.54) is 11.9 Å². The van der Waals surface area contributed by atoms with Gasteiger partial charge in [0, 0.05) is 28.1 Å². The monoisotopic (exact) mass is 247 g/mol. The molecule has 0 saturated carbocycles. The summed E-state index contributed by atoms with van der Waals surface area (Å²) in [4.78, 5) is 1.08. The molecule has 0 aliphatic heterocycles. The Morgan fingerprint density at radius 1 is 0.938 bits per heavy atom. The second-order valence-electron chi connectivity index (χ2n) is 3.19. The Kier molecular flexibility index (Phi) is 4.03. The first-order valence-electron chi connectivity index (χ1n) is 4.85. The predicted molar refractivity (Wildman–Crippen MR) is 71.3 cm³/mol. The Morgan fingerprint density at radius 3 is 2.31 bits per heavy atom. The van der Waals surface area contributed by atoms with Crippen molar-refractivity contribution in [1.82, 2.24) is 0 Å². The third-order valence-corrected chi connectivity index (χ3v) is 2.92. The average Bonchev–Trinajstić information content (AvgIpc) is 2.33. The van der Waals surface area contributed by atoms with Crippen molar-refractivity contribution in [3.63, 3.8) is 0 Å². The number of hydrogen-bond donors (Lipinski definition) is 0. The van der Waals surface area contributed by atoms with Crippen LogP contribution in [0.15, 0.2) is 63.9 Å². The van der Waals surface area contributed by atoms with Gasteiger partial charge in [-0.05, 0) is 29.8 Å². The molecule has 0 unspecified atom stereocenters. The van der Waals surface area contributed by atoms with E-state index in [1.807, 2.05) is 60.8 Å². The molecule has 0 N–H and O–H groups in total. The van der Waals surface area contributed by atoms with Crippen molar-refractivity contribution in [2.24, 2.45) is 4.40 Å². The van der Waals surface area contributed by atoms with Gasteiger partial charge >= 0.3 is 0 Å². The van der Waals surface area contributed by atoms with E-state index < -0.39 is 0 Å². The summed E-state index contributed by atoms with van der Waals surface area (Å²) in [5, 5.41) is 0.747. The molecule has 0 aromatic heterocycles. The van der Waals surface area contributed by atoms with Crippen molar-refractivity contribution < 1.29 is 0 Å². The molecule has 0 heterocycles. The first-order valence-corrected chi connectivity index (χ1v) is 6.01. The van der Waals surface area contributed by atoms with Crippen LogP contribution in [-0.4, -0.2) is 6.21 Å². The molecule has 0 fully saturated rings. The van der Waals surface area contributed by atoms with Crippen LogP contribution in [0.3, 0.4) is 0 Å². The highest BCUT2D eigenvalue weighted by molar-refractivity contribution is 7.98. The zero-order valence-corrected chi connectivity index (χ0v) is 10.1. The largest absolute Gasteiger partial charge is 0.219 e. The van der Waals surface area contributed by atoms with Crippen LogP contribution in [0.1, 0.15) is 5.56 Å². The van der Waals surface area contributed by atoms with E-state index in [2.05, 4.69) is 4.40 Å². The fourth-order valence-corrected chi connectivity index (χ4v) is 1.86. The molecule has 0 atom stereocenters. The zero-order chi connectivity index (χ0) is 11.2. The van der Waals surface area contributed by atoms with Gasteiger partial charge in [-0.15, -0.1) is 0 Å². The normalized spacial score (nSPS) is 10.8. The van der Waals surface area contributed by atoms with Crippen molar-refractivity contribution in [3.8, 4) is 0 Å². The SMILES string of the molecule is Clc1ccc(SN=Cc2ccccc2)cc1. The van der Waals surface area contributed by atoms with Gasteiger partial charge in [-0.25, -0.2) is 4.40 Å². The highest BCUT2D eigenvalue weighted by Gasteiger charge is 1.91. The molecule has 2 aromatic rings. The Morgan fingerprint density at radius 2 is 1.62 bits per heavy atom. The highest BCUT2D eigenvalue weighted by Crippen LogP contribution is 2.20. The Hall–Kier alpha value is -1.25. The number of benzene rings is 2. The topological polar surface area (TPSA) is 12.4 Å². The van der Waals surface area contributed by atoms with E-state index in [4.69, 9.17) is 11.6 Å². The third kappa shape index (κ3) is 3.40. The van der Waals surface area contributed by atoms with Crippen LogP contribution in [0.5, 0.6) is 0 Å². The maximum Gasteiger partial charge on any atom is 0.0428 e. The Labute approximate surface area is 104 Å². The van der Waals surface area contributed by atoms with Crippen LogP contribution in [0.2, 0.25) is 5.02 Å². The smallest absolute Gasteiger partial charge is 0.0428 e. The first kappa shape index (κ1) is 11.2. The molecule has 0 aliphatic carbocycles. The number of halogens is 1. The summed E-state index contributed by atoms with van der Waals surface area (Å²) >= 11 is 7.23. The summed E-state index contributed by atoms with van der Waals surface area (Å²) in [5.74, 6) is 0. The fourth-order valence-electron chi connectivity index (χ4n) is 1.18. The Bertz CT molecular complexity index is 465. The molecule has 0 spiro atoms. The van der Waals surface area contributed by atoms with Crippen LogP contribution < -0.4 is 0 Å². The van der Waals surface area contributed by atoms with Gasteiger partial charge in [-0.2, -0.15) is 0 Å². The lowest BCUT2D eigenvalue weighted by atomic mass is 10.2. The first-order chi connectivity index (χ1) is 7.84. The summed E-state index contributed by atoms with van der Waals surface area (Å²) < 4.78 is 4.29. The van der Waals surface area contributed by atoms with Crippen molar-refractivity contribution in [2.45, 2.75) is 4.90 Å². The summed E-state index contributed by atoms with van der Waals surface area (Å²) in [5.41, 5.74) is 1.10. The maximum absolute atomic E-state index is 5.79. The molecule has 0 radical (unpaired) electrons. The number of rotatable bonds is 3. The molecule has 80 valence electrons. The lowest BCUT2D eigenvalue weighted by Gasteiger charge is -1.95. The van der Waals surface area contributed by atoms with Gasteiger partial charge in [0.15, 0.2) is 0 Å². The zero-order valence-electron chi connectivity index (χ0n) is 8.51. The number of hydrogen-bond acceptors (Lipinski definition) is 2. The lowest BCUT2D eigenvalue weighted by Crippen LogP contribution is -1.76. The van der Waals surface area contributed by atoms with Crippen LogP contribution in [0.4, 0.5) is 0 Å². The molecule has 0 aliphatic rings. The van der Waals surface area contributed by atoms with Gasteiger partial charge in [0.25, 0.3) is 0 Å². The quantitative estimate of drug-likeness (QED) is 0.576. The van der Waals surface area contributed by atoms with Gasteiger partial charge in [-0.3, -0.25) is 0 Å². The molecule has 16 heavy (non-hydrogen) atoms. The van der Waals surface area contributed by atoms with Gasteiger partial charge in [0.2, 0.25) is 0 Å². The van der Waals surface area contributed by atoms with Crippen LogP contribution in [0.25, 0.3) is 0 Å². The molecule has 0 saturated heterocycles. The highest BCUT2D eigenvalue weighted by atomic mass is 35.5. The van der Waals surface area contributed by atoms with E-state index in [9.17, 15) is 0 Å². The third-order valence-electron chi connectivity index (χ3n) is 1.97. The minimum Gasteiger partial charge on any atom is -0.219 e. The minimum atomic E-state index is 0.747. The molecule has 0 amide bonds. The molecular formula is C13H10ClNS. The second-order valence-corrected chi connectivity index (χ2v) is 4.49. The van der Waals surface area contributed by atoms with Crippen molar-refractivity contribution in [1.29, 1.82) is 0 Å². The van der Waals surface area contributed by atoms with Gasteiger partial charge in [-0.1, -0.05) is 41.9 Å². The summed E-state index contributed by atoms with van der Waals surface area (Å²) in [6, 6.07) is 17.7. The second kappa shape index (κ2) is 5.73. The molecular weight excluding hydrogens is 238 g/mol. The predicted octanol–water partition coefficient (Wildman–Crippen LogP) is 4.47. The molecule has 0 bridgehead atoms. The molecule has 3 heteroatoms. The molecule has 2 rings (SSSR count). The average molecular weight is 248 g/mol. The standard InChI is InChI=1S/C13H10ClNS/c14-12-6-8-13(9-7-12)16-15-10-11-4-2-1-3-5-11/h1-10H. The number of nitrogens with zero attached hydrogens (tertiary/aromatic N) is 1. The molecule has 2 aromatic carbocycles. The van der Waals surface area contributed by atoms with E-state index in [1.54, 1.807) is 0 Å². The summed E-state index contributed by atoms with van der Waals surface area (Å²) in [7, 11) is 0. The van der Waals surface area contributed by atoms with E-state index in [0.29, 0.717) is 0 Å². The van der Waals surface area contributed by atoms with Crippen molar-refractivity contribution >= 4 is 29.8 Å². The van der Waals surface area contributed by atoms with Crippen molar-refractivity contribution in [3.05, 3.63) is 65.2 Å². The molecule has 1 nitrogen and oxygen atoms in total. The van der Waals surface area contributed by atoms with Crippen LogP contribution in [0, 0.1) is 0 Å².